The first kappa shape index (κ1) is 17.3. The molecule has 0 saturated heterocycles. The van der Waals surface area contributed by atoms with E-state index >= 15 is 0 Å². The molecule has 1 N–H and O–H groups in total. The molecule has 2 heterocycles. The number of aryl methyl sites for hydroxylation is 1. The highest BCUT2D eigenvalue weighted by Gasteiger charge is 2.16. The van der Waals surface area contributed by atoms with Crippen molar-refractivity contribution in [2.45, 2.75) is 19.8 Å². The van der Waals surface area contributed by atoms with Crippen LogP contribution >= 0.6 is 46.1 Å². The molecule has 0 saturated carbocycles. The van der Waals surface area contributed by atoms with Crippen LogP contribution in [0.1, 0.15) is 32.7 Å². The maximum absolute atomic E-state index is 12.3. The second kappa shape index (κ2) is 7.57. The van der Waals surface area contributed by atoms with E-state index in [4.69, 9.17) is 23.2 Å². The van der Waals surface area contributed by atoms with Gasteiger partial charge in [-0.25, -0.2) is 4.98 Å². The summed E-state index contributed by atoms with van der Waals surface area (Å²) < 4.78 is 3.82. The molecule has 0 fully saturated rings. The highest BCUT2D eigenvalue weighted by atomic mass is 35.5. The highest BCUT2D eigenvalue weighted by molar-refractivity contribution is 7.16. The molecule has 1 aromatic carbocycles. The van der Waals surface area contributed by atoms with Crippen molar-refractivity contribution in [3.63, 3.8) is 0 Å². The SMILES string of the molecule is CCc1nnsc1C(=O)Nc1ncc(Cc2ccc(Cl)cc2Cl)s1. The Labute approximate surface area is 156 Å². The van der Waals surface area contributed by atoms with Crippen molar-refractivity contribution in [2.75, 3.05) is 5.32 Å². The van der Waals surface area contributed by atoms with E-state index in [2.05, 4.69) is 19.9 Å². The van der Waals surface area contributed by atoms with E-state index in [-0.39, 0.29) is 5.91 Å². The van der Waals surface area contributed by atoms with Crippen molar-refractivity contribution >= 4 is 57.1 Å². The van der Waals surface area contributed by atoms with Crippen LogP contribution in [0.2, 0.25) is 10.0 Å². The molecular weight excluding hydrogens is 387 g/mol. The highest BCUT2D eigenvalue weighted by Crippen LogP contribution is 2.27. The summed E-state index contributed by atoms with van der Waals surface area (Å²) in [4.78, 5) is 18.0. The van der Waals surface area contributed by atoms with Crippen LogP contribution in [0.5, 0.6) is 0 Å². The van der Waals surface area contributed by atoms with Crippen molar-refractivity contribution in [1.82, 2.24) is 14.6 Å². The van der Waals surface area contributed by atoms with Crippen LogP contribution in [0.25, 0.3) is 0 Å². The van der Waals surface area contributed by atoms with E-state index in [9.17, 15) is 4.79 Å². The molecule has 3 rings (SSSR count). The number of rotatable bonds is 5. The molecule has 24 heavy (non-hydrogen) atoms. The summed E-state index contributed by atoms with van der Waals surface area (Å²) in [7, 11) is 0. The fraction of sp³-hybridized carbons (Fsp3) is 0.200. The molecule has 1 amide bonds. The van der Waals surface area contributed by atoms with Gasteiger partial charge in [-0.1, -0.05) is 40.7 Å². The Morgan fingerprint density at radius 3 is 2.92 bits per heavy atom. The van der Waals surface area contributed by atoms with Gasteiger partial charge in [0.05, 0.1) is 5.69 Å². The predicted octanol–water partition coefficient (Wildman–Crippen LogP) is 4.71. The first-order valence-electron chi connectivity index (χ1n) is 7.08. The molecule has 3 aromatic rings. The second-order valence-corrected chi connectivity index (χ2v) is 7.61. The van der Waals surface area contributed by atoms with E-state index in [0.717, 1.165) is 22.0 Å². The lowest BCUT2D eigenvalue weighted by molar-refractivity contribution is 0.102. The number of nitrogens with zero attached hydrogens (tertiary/aromatic N) is 3. The Balaban J connectivity index is 1.70. The normalized spacial score (nSPS) is 10.8. The molecule has 5 nitrogen and oxygen atoms in total. The third-order valence-electron chi connectivity index (χ3n) is 3.25. The third-order valence-corrected chi connectivity index (χ3v) is 5.52. The molecule has 0 aliphatic heterocycles. The summed E-state index contributed by atoms with van der Waals surface area (Å²) in [5.41, 5.74) is 1.66. The predicted molar refractivity (Wildman–Crippen MR) is 98.6 cm³/mol. The zero-order valence-corrected chi connectivity index (χ0v) is 15.7. The van der Waals surface area contributed by atoms with Gasteiger partial charge in [0.25, 0.3) is 5.91 Å². The van der Waals surface area contributed by atoms with Gasteiger partial charge in [0.1, 0.15) is 4.88 Å². The molecule has 0 aliphatic rings. The van der Waals surface area contributed by atoms with Gasteiger partial charge < -0.3 is 0 Å². The number of carbonyl (C=O) groups excluding carboxylic acids is 1. The van der Waals surface area contributed by atoms with Crippen LogP contribution < -0.4 is 5.32 Å². The van der Waals surface area contributed by atoms with Crippen LogP contribution in [0.15, 0.2) is 24.4 Å². The monoisotopic (exact) mass is 398 g/mol. The number of benzene rings is 1. The molecule has 0 unspecified atom stereocenters. The number of amides is 1. The van der Waals surface area contributed by atoms with Crippen LogP contribution in [0.3, 0.4) is 0 Å². The molecule has 0 atom stereocenters. The van der Waals surface area contributed by atoms with Gasteiger partial charge in [-0.15, -0.1) is 16.4 Å². The van der Waals surface area contributed by atoms with Crippen LogP contribution in [0, 0.1) is 0 Å². The van der Waals surface area contributed by atoms with Crippen LogP contribution in [0.4, 0.5) is 5.13 Å². The minimum atomic E-state index is -0.229. The van der Waals surface area contributed by atoms with Crippen molar-refractivity contribution in [1.29, 1.82) is 0 Å². The Morgan fingerprint density at radius 2 is 2.17 bits per heavy atom. The number of halogens is 2. The lowest BCUT2D eigenvalue weighted by atomic mass is 10.1. The summed E-state index contributed by atoms with van der Waals surface area (Å²) in [6, 6.07) is 5.40. The minimum Gasteiger partial charge on any atom is -0.297 e. The largest absolute Gasteiger partial charge is 0.297 e. The van der Waals surface area contributed by atoms with Gasteiger partial charge in [0, 0.05) is 27.5 Å². The average Bonchev–Trinajstić information content (AvgIpc) is 3.19. The Hall–Kier alpha value is -1.54. The van der Waals surface area contributed by atoms with E-state index in [1.807, 2.05) is 13.0 Å². The third kappa shape index (κ3) is 3.92. The Kier molecular flexibility index (Phi) is 5.45. The fourth-order valence-corrected chi connectivity index (χ4v) is 4.02. The second-order valence-electron chi connectivity index (χ2n) is 4.90. The number of nitrogens with one attached hydrogen (secondary N) is 1. The number of hydrogen-bond donors (Lipinski definition) is 1. The van der Waals surface area contributed by atoms with E-state index in [0.29, 0.717) is 38.6 Å². The van der Waals surface area contributed by atoms with Gasteiger partial charge in [0.15, 0.2) is 5.13 Å². The summed E-state index contributed by atoms with van der Waals surface area (Å²) >= 11 is 14.6. The molecule has 0 spiro atoms. The standard InChI is InChI=1S/C15H12Cl2N4OS2/c1-2-12-13(24-21-20-12)14(22)19-15-18-7-10(23-15)5-8-3-4-9(16)6-11(8)17/h3-4,6-7H,2,5H2,1H3,(H,18,19,22). The maximum Gasteiger partial charge on any atom is 0.271 e. The quantitative estimate of drug-likeness (QED) is 0.675. The zero-order valence-electron chi connectivity index (χ0n) is 12.5. The molecule has 0 aliphatic carbocycles. The van der Waals surface area contributed by atoms with Crippen molar-refractivity contribution < 1.29 is 4.79 Å². The van der Waals surface area contributed by atoms with E-state index < -0.39 is 0 Å². The number of carbonyl (C=O) groups is 1. The van der Waals surface area contributed by atoms with E-state index in [1.165, 1.54) is 11.3 Å². The lowest BCUT2D eigenvalue weighted by Crippen LogP contribution is -2.11. The first-order valence-corrected chi connectivity index (χ1v) is 9.42. The Morgan fingerprint density at radius 1 is 1.33 bits per heavy atom. The van der Waals surface area contributed by atoms with Gasteiger partial charge in [-0.05, 0) is 35.6 Å². The number of anilines is 1. The lowest BCUT2D eigenvalue weighted by Gasteiger charge is -2.02. The van der Waals surface area contributed by atoms with E-state index in [1.54, 1.807) is 18.3 Å². The molecule has 0 bridgehead atoms. The Bertz CT molecular complexity index is 878. The molecule has 0 radical (unpaired) electrons. The molecular formula is C15H12Cl2N4OS2. The zero-order chi connectivity index (χ0) is 17.1. The molecule has 124 valence electrons. The summed E-state index contributed by atoms with van der Waals surface area (Å²) in [6.45, 7) is 1.94. The number of thiazole rings is 1. The first-order chi connectivity index (χ1) is 11.6. The van der Waals surface area contributed by atoms with Gasteiger partial charge in [-0.2, -0.15) is 0 Å². The van der Waals surface area contributed by atoms with Crippen LogP contribution in [-0.4, -0.2) is 20.5 Å². The van der Waals surface area contributed by atoms with Gasteiger partial charge in [0.2, 0.25) is 0 Å². The number of hydrogen-bond acceptors (Lipinski definition) is 6. The summed E-state index contributed by atoms with van der Waals surface area (Å²) in [5, 5.41) is 8.49. The van der Waals surface area contributed by atoms with Crippen molar-refractivity contribution in [3.8, 4) is 0 Å². The number of aromatic nitrogens is 3. The summed E-state index contributed by atoms with van der Waals surface area (Å²) in [6.07, 6.45) is 3.03. The topological polar surface area (TPSA) is 67.8 Å². The maximum atomic E-state index is 12.3. The average molecular weight is 399 g/mol. The molecule has 9 heteroatoms. The summed E-state index contributed by atoms with van der Waals surface area (Å²) in [5.74, 6) is -0.229. The fourth-order valence-electron chi connectivity index (χ4n) is 2.07. The van der Waals surface area contributed by atoms with Crippen LogP contribution in [-0.2, 0) is 12.8 Å². The smallest absolute Gasteiger partial charge is 0.271 e. The van der Waals surface area contributed by atoms with Gasteiger partial charge >= 0.3 is 0 Å². The van der Waals surface area contributed by atoms with Crippen molar-refractivity contribution in [3.05, 3.63) is 55.5 Å². The van der Waals surface area contributed by atoms with Gasteiger partial charge in [-0.3, -0.25) is 10.1 Å². The van der Waals surface area contributed by atoms with Crippen molar-refractivity contribution in [2.24, 2.45) is 0 Å². The minimum absolute atomic E-state index is 0.229. The molecule has 2 aromatic heterocycles.